The van der Waals surface area contributed by atoms with E-state index in [-0.39, 0.29) is 6.04 Å². The van der Waals surface area contributed by atoms with Gasteiger partial charge in [-0.2, -0.15) is 17.5 Å². The van der Waals surface area contributed by atoms with Crippen molar-refractivity contribution in [2.24, 2.45) is 0 Å². The smallest absolute Gasteiger partial charge is 0.187 e. The largest absolute Gasteiger partial charge is 0.342 e. The fraction of sp³-hybridized carbons (Fsp3) is 0.500. The first-order chi connectivity index (χ1) is 8.77. The van der Waals surface area contributed by atoms with E-state index in [4.69, 9.17) is 23.2 Å². The number of anilines is 1. The van der Waals surface area contributed by atoms with E-state index < -0.39 is 0 Å². The van der Waals surface area contributed by atoms with Crippen molar-refractivity contribution in [3.8, 4) is 0 Å². The van der Waals surface area contributed by atoms with Crippen LogP contribution in [0, 0.1) is 0 Å². The third-order valence-corrected chi connectivity index (χ3v) is 4.53. The van der Waals surface area contributed by atoms with Gasteiger partial charge in [-0.15, -0.1) is 0 Å². The van der Waals surface area contributed by atoms with Gasteiger partial charge in [-0.25, -0.2) is 0 Å². The van der Waals surface area contributed by atoms with Gasteiger partial charge in [-0.05, 0) is 0 Å². The molecule has 0 aliphatic carbocycles. The predicted molar refractivity (Wildman–Crippen MR) is 72.8 cm³/mol. The molecule has 1 aliphatic rings. The number of piperazine rings is 1. The summed E-state index contributed by atoms with van der Waals surface area (Å²) in [7, 11) is 0. The van der Waals surface area contributed by atoms with Gasteiger partial charge in [0, 0.05) is 19.6 Å². The Morgan fingerprint density at radius 3 is 2.56 bits per heavy atom. The summed E-state index contributed by atoms with van der Waals surface area (Å²) in [6, 6.07) is -0.00796. The Bertz CT molecular complexity index is 495. The second-order valence-electron chi connectivity index (χ2n) is 3.73. The number of hydrogen-bond acceptors (Lipinski definition) is 8. The van der Waals surface area contributed by atoms with Crippen molar-refractivity contribution in [1.29, 1.82) is 0 Å². The van der Waals surface area contributed by atoms with E-state index in [9.17, 15) is 0 Å². The van der Waals surface area contributed by atoms with E-state index >= 15 is 0 Å². The number of rotatable bonds is 2. The highest BCUT2D eigenvalue weighted by Crippen LogP contribution is 2.33. The van der Waals surface area contributed by atoms with Crippen molar-refractivity contribution in [2.75, 3.05) is 24.5 Å². The molecule has 96 valence electrons. The molecule has 1 N–H and O–H groups in total. The number of nitrogens with zero attached hydrogens (tertiary/aromatic N) is 5. The lowest BCUT2D eigenvalue weighted by Gasteiger charge is -2.35. The molecule has 3 rings (SSSR count). The summed E-state index contributed by atoms with van der Waals surface area (Å²) < 4.78 is 16.5. The van der Waals surface area contributed by atoms with Crippen LogP contribution in [0.15, 0.2) is 0 Å². The van der Waals surface area contributed by atoms with Gasteiger partial charge in [0.15, 0.2) is 16.1 Å². The molecule has 10 heteroatoms. The van der Waals surface area contributed by atoms with Gasteiger partial charge < -0.3 is 10.2 Å². The van der Waals surface area contributed by atoms with Crippen molar-refractivity contribution >= 4 is 52.5 Å². The monoisotopic (exact) mass is 322 g/mol. The van der Waals surface area contributed by atoms with E-state index in [0.717, 1.165) is 48.8 Å². The summed E-state index contributed by atoms with van der Waals surface area (Å²) in [5.74, 6) is 0.692. The molecule has 6 nitrogen and oxygen atoms in total. The maximum Gasteiger partial charge on any atom is 0.187 e. The zero-order chi connectivity index (χ0) is 12.5. The highest BCUT2D eigenvalue weighted by atomic mass is 35.5. The maximum atomic E-state index is 6.06. The standard InChI is InChI=1S/C8H8Cl2N6S2/c9-6-5(12-17-13-6)4-3-11-1-2-16(4)8-7(10)14-18-15-8/h4,11H,1-3H2. The summed E-state index contributed by atoms with van der Waals surface area (Å²) in [5.41, 5.74) is 0.762. The molecule has 0 bridgehead atoms. The SMILES string of the molecule is Clc1nsnc1C1CNCCN1c1nsnc1Cl. The second-order valence-corrected chi connectivity index (χ2v) is 5.51. The number of hydrogen-bond donors (Lipinski definition) is 1. The second kappa shape index (κ2) is 5.22. The molecule has 1 atom stereocenters. The lowest BCUT2D eigenvalue weighted by molar-refractivity contribution is 0.481. The Kier molecular flexibility index (Phi) is 3.62. The number of halogens is 2. The lowest BCUT2D eigenvalue weighted by Crippen LogP contribution is -2.46. The molecular formula is C8H8Cl2N6S2. The van der Waals surface area contributed by atoms with Gasteiger partial charge in [0.1, 0.15) is 5.69 Å². The van der Waals surface area contributed by atoms with Gasteiger partial charge in [-0.3, -0.25) is 0 Å². The molecule has 1 aliphatic heterocycles. The van der Waals surface area contributed by atoms with E-state index in [1.165, 1.54) is 0 Å². The van der Waals surface area contributed by atoms with Gasteiger partial charge in [-0.1, -0.05) is 23.2 Å². The summed E-state index contributed by atoms with van der Waals surface area (Å²) >= 11 is 14.3. The third kappa shape index (κ3) is 2.19. The Morgan fingerprint density at radius 2 is 1.89 bits per heavy atom. The zero-order valence-corrected chi connectivity index (χ0v) is 12.2. The summed E-state index contributed by atoms with van der Waals surface area (Å²) in [4.78, 5) is 2.07. The van der Waals surface area contributed by atoms with Crippen LogP contribution in [-0.2, 0) is 0 Å². The van der Waals surface area contributed by atoms with Crippen LogP contribution < -0.4 is 10.2 Å². The van der Waals surface area contributed by atoms with Crippen molar-refractivity contribution in [2.45, 2.75) is 6.04 Å². The lowest BCUT2D eigenvalue weighted by atomic mass is 10.1. The van der Waals surface area contributed by atoms with Gasteiger partial charge in [0.05, 0.1) is 29.5 Å². The molecular weight excluding hydrogens is 315 g/mol. The zero-order valence-electron chi connectivity index (χ0n) is 9.01. The van der Waals surface area contributed by atoms with Crippen LogP contribution in [0.2, 0.25) is 10.3 Å². The number of nitrogens with one attached hydrogen (secondary N) is 1. The molecule has 3 heterocycles. The molecule has 2 aromatic heterocycles. The molecule has 1 unspecified atom stereocenters. The molecule has 1 fully saturated rings. The first-order valence-corrected chi connectivity index (χ1v) is 7.42. The fourth-order valence-corrected chi connectivity index (χ4v) is 3.50. The van der Waals surface area contributed by atoms with Crippen molar-refractivity contribution in [3.05, 3.63) is 16.0 Å². The maximum absolute atomic E-state index is 6.06. The topological polar surface area (TPSA) is 66.8 Å². The molecule has 0 spiro atoms. The Balaban J connectivity index is 1.96. The van der Waals surface area contributed by atoms with Crippen LogP contribution in [0.5, 0.6) is 0 Å². The Labute approximate surface area is 122 Å². The molecule has 0 saturated carbocycles. The summed E-state index contributed by atoms with van der Waals surface area (Å²) in [6.45, 7) is 2.38. The van der Waals surface area contributed by atoms with E-state index in [1.807, 2.05) is 0 Å². The highest BCUT2D eigenvalue weighted by molar-refractivity contribution is 7.00. The van der Waals surface area contributed by atoms with Crippen LogP contribution in [0.25, 0.3) is 0 Å². The van der Waals surface area contributed by atoms with E-state index in [1.54, 1.807) is 0 Å². The van der Waals surface area contributed by atoms with E-state index in [2.05, 4.69) is 27.7 Å². The van der Waals surface area contributed by atoms with Crippen LogP contribution in [-0.4, -0.2) is 37.1 Å². The van der Waals surface area contributed by atoms with Gasteiger partial charge in [0.2, 0.25) is 0 Å². The first-order valence-electron chi connectivity index (χ1n) is 5.20. The van der Waals surface area contributed by atoms with E-state index in [0.29, 0.717) is 16.1 Å². The van der Waals surface area contributed by atoms with Crippen LogP contribution >= 0.6 is 46.7 Å². The van der Waals surface area contributed by atoms with Crippen LogP contribution in [0.1, 0.15) is 11.7 Å². The quantitative estimate of drug-likeness (QED) is 0.910. The fourth-order valence-electron chi connectivity index (χ4n) is 1.93. The average Bonchev–Trinajstić information content (AvgIpc) is 2.98. The molecule has 0 amide bonds. The minimum absolute atomic E-state index is 0.00796. The number of aromatic nitrogens is 4. The average molecular weight is 323 g/mol. The molecule has 1 saturated heterocycles. The highest BCUT2D eigenvalue weighted by Gasteiger charge is 2.31. The van der Waals surface area contributed by atoms with Gasteiger partial charge >= 0.3 is 0 Å². The Morgan fingerprint density at radius 1 is 1.11 bits per heavy atom. The minimum Gasteiger partial charge on any atom is -0.342 e. The van der Waals surface area contributed by atoms with Crippen molar-refractivity contribution in [3.63, 3.8) is 0 Å². The third-order valence-electron chi connectivity index (χ3n) is 2.74. The van der Waals surface area contributed by atoms with Crippen molar-refractivity contribution in [1.82, 2.24) is 22.8 Å². The molecule has 18 heavy (non-hydrogen) atoms. The van der Waals surface area contributed by atoms with Crippen LogP contribution in [0.4, 0.5) is 5.82 Å². The normalized spacial score (nSPS) is 20.3. The summed E-state index contributed by atoms with van der Waals surface area (Å²) in [6.07, 6.45) is 0. The molecule has 0 aromatic carbocycles. The summed E-state index contributed by atoms with van der Waals surface area (Å²) in [5, 5.41) is 4.18. The van der Waals surface area contributed by atoms with Gasteiger partial charge in [0.25, 0.3) is 0 Å². The Hall–Kier alpha value is -0.540. The minimum atomic E-state index is -0.00796. The van der Waals surface area contributed by atoms with Crippen molar-refractivity contribution < 1.29 is 0 Å². The molecule has 0 radical (unpaired) electrons. The predicted octanol–water partition coefficient (Wildman–Crippen LogP) is 1.85. The molecule has 2 aromatic rings. The first kappa shape index (κ1) is 12.5. The van der Waals surface area contributed by atoms with Crippen LogP contribution in [0.3, 0.4) is 0 Å².